The average molecular weight is 701 g/mol. The Balaban J connectivity index is 1.07. The quantitative estimate of drug-likeness (QED) is 0.0714. The molecule has 4 saturated carbocycles. The minimum absolute atomic E-state index is 0.00626. The number of hydrogen-bond donors (Lipinski definition) is 6. The lowest BCUT2D eigenvalue weighted by atomic mass is 9.42. The molecule has 8 N–H and O–H groups in total. The molecule has 1 amide bonds. The van der Waals surface area contributed by atoms with Crippen LogP contribution in [-0.4, -0.2) is 69.5 Å². The van der Waals surface area contributed by atoms with E-state index >= 15 is 0 Å². The summed E-state index contributed by atoms with van der Waals surface area (Å²) in [6.07, 6.45) is 9.47. The third-order valence-electron chi connectivity index (χ3n) is 13.0. The monoisotopic (exact) mass is 700 g/mol. The minimum Gasteiger partial charge on any atom is -0.480 e. The highest BCUT2D eigenvalue weighted by atomic mass is 16.5. The average Bonchev–Trinajstić information content (AvgIpc) is 3.32. The summed E-state index contributed by atoms with van der Waals surface area (Å²) in [4.78, 5) is 52.0. The Kier molecular flexibility index (Phi) is 11.7. The van der Waals surface area contributed by atoms with Crippen LogP contribution in [0.5, 0.6) is 0 Å². The van der Waals surface area contributed by atoms with E-state index in [0.717, 1.165) is 37.7 Å². The van der Waals surface area contributed by atoms with Crippen LogP contribution in [0.2, 0.25) is 0 Å². The number of aliphatic carboxylic acids is 1. The fraction of sp³-hybridized carbons (Fsp3) is 0.757. The molecule has 1 aromatic rings. The van der Waals surface area contributed by atoms with Crippen LogP contribution >= 0.6 is 0 Å². The largest absolute Gasteiger partial charge is 0.480 e. The molecular formula is C37H56N4O9. The van der Waals surface area contributed by atoms with Gasteiger partial charge in [0.15, 0.2) is 5.96 Å². The third kappa shape index (κ3) is 7.73. The molecular weight excluding hydrogens is 644 g/mol. The number of aliphatic hydroxyl groups excluding tert-OH is 1. The molecule has 278 valence electrons. The van der Waals surface area contributed by atoms with E-state index < -0.39 is 34.8 Å². The Labute approximate surface area is 293 Å². The number of carboxylic acid groups (broad SMARTS) is 1. The highest BCUT2D eigenvalue weighted by molar-refractivity contribution is 5.83. The number of nitrogens with two attached hydrogens (primary N) is 2. The number of aliphatic hydroxyl groups is 2. The van der Waals surface area contributed by atoms with Crippen molar-refractivity contribution in [2.75, 3.05) is 6.54 Å². The third-order valence-corrected chi connectivity index (χ3v) is 13.0. The van der Waals surface area contributed by atoms with Gasteiger partial charge in [0.2, 0.25) is 5.91 Å². The van der Waals surface area contributed by atoms with Gasteiger partial charge in [-0.15, -0.1) is 0 Å². The Morgan fingerprint density at radius 3 is 2.52 bits per heavy atom. The topological polar surface area (TPSA) is 228 Å². The number of fused-ring (bicyclic) bond motifs is 5. The molecule has 13 heteroatoms. The van der Waals surface area contributed by atoms with E-state index in [1.807, 2.05) is 0 Å². The number of carbonyl (C=O) groups is 3. The number of guanidine groups is 1. The fourth-order valence-electron chi connectivity index (χ4n) is 10.5. The zero-order chi connectivity index (χ0) is 36.3. The molecule has 0 aliphatic heterocycles. The van der Waals surface area contributed by atoms with Crippen molar-refractivity contribution in [3.05, 3.63) is 34.4 Å². The molecule has 4 aliphatic carbocycles. The van der Waals surface area contributed by atoms with E-state index in [0.29, 0.717) is 44.9 Å². The van der Waals surface area contributed by atoms with Crippen molar-refractivity contribution < 1.29 is 38.9 Å². The summed E-state index contributed by atoms with van der Waals surface area (Å²) in [7, 11) is 0. The number of carboxylic acids is 1. The first-order chi connectivity index (χ1) is 23.7. The summed E-state index contributed by atoms with van der Waals surface area (Å²) >= 11 is 0. The van der Waals surface area contributed by atoms with Gasteiger partial charge in [-0.1, -0.05) is 20.3 Å². The summed E-state index contributed by atoms with van der Waals surface area (Å²) in [6, 6.07) is 2.22. The van der Waals surface area contributed by atoms with Gasteiger partial charge < -0.3 is 41.3 Å². The van der Waals surface area contributed by atoms with Crippen LogP contribution in [0.4, 0.5) is 0 Å². The molecule has 0 unspecified atom stereocenters. The van der Waals surface area contributed by atoms with Crippen LogP contribution in [0.25, 0.3) is 0 Å². The zero-order valence-electron chi connectivity index (χ0n) is 29.5. The highest BCUT2D eigenvalue weighted by Crippen LogP contribution is 2.70. The van der Waals surface area contributed by atoms with Gasteiger partial charge in [-0.25, -0.2) is 9.59 Å². The maximum Gasteiger partial charge on any atom is 0.335 e. The van der Waals surface area contributed by atoms with Crippen molar-refractivity contribution in [1.82, 2.24) is 5.32 Å². The van der Waals surface area contributed by atoms with Crippen molar-refractivity contribution in [1.29, 1.82) is 0 Å². The number of carbonyl (C=O) groups excluding carboxylic acids is 2. The number of esters is 1. The van der Waals surface area contributed by atoms with E-state index in [1.54, 1.807) is 6.07 Å². The van der Waals surface area contributed by atoms with Gasteiger partial charge in [0, 0.05) is 30.9 Å². The lowest BCUT2D eigenvalue weighted by molar-refractivity contribution is -0.240. The number of amides is 1. The van der Waals surface area contributed by atoms with E-state index in [-0.39, 0.29) is 78.8 Å². The standard InChI is InChI=1S/C37H56N4O9/c1-35-16-14-24(50-31(45)9-5-3-4-8-29(43)41-27(33(46)47)7-6-18-40-34(38)39)19-23(35)11-12-26-32(35)28(42)20-36(2)25(15-17-37(26,36)48)22-10-13-30(44)49-21-22/h10,13,21,23-28,32,42,48H,3-9,11-12,14-20H2,1-2H3,(H,41,43)(H,46,47)(H4,38,39,40)/t23-,24+,25-,26+,27+,28-,32-,35+,36-,37+/m1/s1. The lowest BCUT2D eigenvalue weighted by Crippen LogP contribution is -2.66. The summed E-state index contributed by atoms with van der Waals surface area (Å²) in [6.45, 7) is 4.65. The van der Waals surface area contributed by atoms with E-state index in [2.05, 4.69) is 24.2 Å². The van der Waals surface area contributed by atoms with Crippen LogP contribution in [0, 0.1) is 28.6 Å². The SMILES string of the molecule is C[C@]12CC[C@H](OC(=O)CCCCCC(=O)N[C@@H](CCCN=C(N)N)C(=O)O)C[C@H]1CC[C@H]1[C@@H]2[C@H](O)C[C@]2(C)[C@@H](c3ccc(=O)oc3)CC[C@]12O. The van der Waals surface area contributed by atoms with E-state index in [4.69, 9.17) is 20.6 Å². The number of rotatable bonds is 14. The molecule has 13 nitrogen and oxygen atoms in total. The molecule has 0 aromatic carbocycles. The van der Waals surface area contributed by atoms with E-state index in [1.165, 1.54) is 12.3 Å². The van der Waals surface area contributed by atoms with Gasteiger partial charge in [0.05, 0.1) is 18.0 Å². The first-order valence-corrected chi connectivity index (χ1v) is 18.4. The minimum atomic E-state index is -1.11. The van der Waals surface area contributed by atoms with Gasteiger partial charge in [0.25, 0.3) is 0 Å². The molecule has 4 fully saturated rings. The molecule has 10 atom stereocenters. The number of nitrogens with one attached hydrogen (secondary N) is 1. The lowest BCUT2D eigenvalue weighted by Gasteiger charge is -2.65. The number of ether oxygens (including phenoxy) is 1. The van der Waals surface area contributed by atoms with Gasteiger partial charge in [0.1, 0.15) is 12.1 Å². The van der Waals surface area contributed by atoms with Crippen molar-refractivity contribution in [3.63, 3.8) is 0 Å². The highest BCUT2D eigenvalue weighted by Gasteiger charge is 2.69. The second-order valence-electron chi connectivity index (χ2n) is 15.9. The number of nitrogens with zero attached hydrogens (tertiary/aromatic N) is 1. The van der Waals surface area contributed by atoms with Crippen LogP contribution in [0.15, 0.2) is 32.6 Å². The number of hydrogen-bond acceptors (Lipinski definition) is 9. The molecule has 50 heavy (non-hydrogen) atoms. The number of aliphatic imine (C=N–C) groups is 1. The summed E-state index contributed by atoms with van der Waals surface area (Å²) in [5, 5.41) is 36.3. The smallest absolute Gasteiger partial charge is 0.335 e. The second-order valence-corrected chi connectivity index (χ2v) is 15.9. The van der Waals surface area contributed by atoms with Crippen LogP contribution < -0.4 is 22.4 Å². The molecule has 1 heterocycles. The first-order valence-electron chi connectivity index (χ1n) is 18.4. The van der Waals surface area contributed by atoms with Gasteiger partial charge in [-0.05, 0) is 118 Å². The number of unbranched alkanes of at least 4 members (excludes halogenated alkanes) is 2. The predicted molar refractivity (Wildman–Crippen MR) is 185 cm³/mol. The van der Waals surface area contributed by atoms with Crippen molar-refractivity contribution in [2.24, 2.45) is 45.0 Å². The van der Waals surface area contributed by atoms with Crippen molar-refractivity contribution in [2.45, 2.75) is 140 Å². The van der Waals surface area contributed by atoms with Crippen molar-refractivity contribution in [3.8, 4) is 0 Å². The van der Waals surface area contributed by atoms with Gasteiger partial charge in [-0.2, -0.15) is 0 Å². The summed E-state index contributed by atoms with van der Waals surface area (Å²) in [5.74, 6) is -1.58. The maximum absolute atomic E-state index is 12.8. The summed E-state index contributed by atoms with van der Waals surface area (Å²) < 4.78 is 11.1. The van der Waals surface area contributed by atoms with Crippen LogP contribution in [0.1, 0.15) is 122 Å². The first kappa shape index (κ1) is 37.8. The van der Waals surface area contributed by atoms with Gasteiger partial charge >= 0.3 is 17.6 Å². The molecule has 0 bridgehead atoms. The van der Waals surface area contributed by atoms with Crippen molar-refractivity contribution >= 4 is 23.8 Å². The molecule has 0 saturated heterocycles. The summed E-state index contributed by atoms with van der Waals surface area (Å²) in [5.41, 5.74) is 9.42. The van der Waals surface area contributed by atoms with Gasteiger partial charge in [-0.3, -0.25) is 14.6 Å². The molecule has 4 aliphatic rings. The fourth-order valence-corrected chi connectivity index (χ4v) is 10.5. The molecule has 0 radical (unpaired) electrons. The Hall–Kier alpha value is -3.45. The van der Waals surface area contributed by atoms with E-state index in [9.17, 15) is 34.5 Å². The van der Waals surface area contributed by atoms with Crippen LogP contribution in [-0.2, 0) is 19.1 Å². The Morgan fingerprint density at radius 1 is 1.06 bits per heavy atom. The Morgan fingerprint density at radius 2 is 1.82 bits per heavy atom. The van der Waals surface area contributed by atoms with Crippen LogP contribution in [0.3, 0.4) is 0 Å². The normalized spacial score (nSPS) is 35.1. The molecule has 1 aromatic heterocycles. The predicted octanol–water partition coefficient (Wildman–Crippen LogP) is 3.34. The zero-order valence-corrected chi connectivity index (χ0v) is 29.5. The maximum atomic E-state index is 12.8. The molecule has 0 spiro atoms. The second kappa shape index (κ2) is 15.4. The Bertz CT molecular complexity index is 1460. The molecule has 5 rings (SSSR count).